The van der Waals surface area contributed by atoms with Crippen LogP contribution in [0.15, 0.2) is 65.2 Å². The van der Waals surface area contributed by atoms with Crippen LogP contribution < -0.4 is 5.32 Å². The van der Waals surface area contributed by atoms with Gasteiger partial charge in [-0.05, 0) is 42.0 Å². The summed E-state index contributed by atoms with van der Waals surface area (Å²) in [5.41, 5.74) is 2.45. The zero-order chi connectivity index (χ0) is 18.6. The van der Waals surface area contributed by atoms with E-state index in [0.717, 1.165) is 22.0 Å². The van der Waals surface area contributed by atoms with E-state index >= 15 is 0 Å². The van der Waals surface area contributed by atoms with Crippen LogP contribution in [0.5, 0.6) is 0 Å². The highest BCUT2D eigenvalue weighted by Gasteiger charge is 2.13. The molecule has 4 rings (SSSR count). The Bertz CT molecular complexity index is 1090. The van der Waals surface area contributed by atoms with E-state index in [1.165, 1.54) is 12.1 Å². The van der Waals surface area contributed by atoms with E-state index < -0.39 is 0 Å². The molecule has 0 fully saturated rings. The molecule has 7 heteroatoms. The van der Waals surface area contributed by atoms with Crippen LogP contribution >= 0.6 is 0 Å². The first-order valence-electron chi connectivity index (χ1n) is 8.36. The summed E-state index contributed by atoms with van der Waals surface area (Å²) in [5.74, 6) is 0.0140. The number of hydrogen-bond donors (Lipinski definition) is 1. The third-order valence-corrected chi connectivity index (χ3v) is 4.03. The van der Waals surface area contributed by atoms with Gasteiger partial charge in [0.15, 0.2) is 0 Å². The van der Waals surface area contributed by atoms with Gasteiger partial charge in [0.1, 0.15) is 12.2 Å². The number of nitrogens with one attached hydrogen (secondary N) is 1. The maximum atomic E-state index is 12.9. The van der Waals surface area contributed by atoms with Crippen molar-refractivity contribution in [3.8, 4) is 11.5 Å². The number of rotatable bonds is 5. The van der Waals surface area contributed by atoms with Gasteiger partial charge in [-0.15, -0.1) is 10.2 Å². The summed E-state index contributed by atoms with van der Waals surface area (Å²) < 4.78 is 18.5. The van der Waals surface area contributed by atoms with Gasteiger partial charge in [0.25, 0.3) is 0 Å². The number of halogens is 1. The highest BCUT2D eigenvalue weighted by atomic mass is 19.1. The predicted octanol–water partition coefficient (Wildman–Crippen LogP) is 3.28. The number of fused-ring (bicyclic) bond motifs is 1. The van der Waals surface area contributed by atoms with E-state index in [-0.39, 0.29) is 24.0 Å². The molecule has 0 unspecified atom stereocenters. The highest BCUT2D eigenvalue weighted by Crippen LogP contribution is 2.22. The Hall–Kier alpha value is -3.61. The van der Waals surface area contributed by atoms with Crippen LogP contribution in [-0.2, 0) is 17.8 Å². The molecule has 0 atom stereocenters. The van der Waals surface area contributed by atoms with Crippen LogP contribution in [0.2, 0.25) is 0 Å². The molecule has 2 aromatic carbocycles. The van der Waals surface area contributed by atoms with Crippen LogP contribution in [0, 0.1) is 5.82 Å². The summed E-state index contributed by atoms with van der Waals surface area (Å²) >= 11 is 0. The average Bonchev–Trinajstić information content (AvgIpc) is 3.15. The van der Waals surface area contributed by atoms with Crippen LogP contribution in [0.25, 0.3) is 22.4 Å². The van der Waals surface area contributed by atoms with Crippen LogP contribution in [0.4, 0.5) is 4.39 Å². The number of nitrogens with zero attached hydrogens (tertiary/aromatic N) is 3. The Morgan fingerprint density at radius 1 is 1.07 bits per heavy atom. The SMILES string of the molecule is O=C(Cc1nnc(-c2ccc3ncccc3c2)o1)NCc1ccc(F)cc1. The fourth-order valence-electron chi connectivity index (χ4n) is 2.65. The maximum absolute atomic E-state index is 12.9. The largest absolute Gasteiger partial charge is 0.420 e. The third kappa shape index (κ3) is 3.98. The minimum Gasteiger partial charge on any atom is -0.420 e. The highest BCUT2D eigenvalue weighted by molar-refractivity contribution is 5.82. The molecule has 6 nitrogen and oxygen atoms in total. The van der Waals surface area contributed by atoms with Gasteiger partial charge in [0.05, 0.1) is 5.52 Å². The summed E-state index contributed by atoms with van der Waals surface area (Å²) in [4.78, 5) is 16.3. The second-order valence-corrected chi connectivity index (χ2v) is 5.99. The lowest BCUT2D eigenvalue weighted by Gasteiger charge is -2.03. The molecule has 0 aliphatic carbocycles. The Morgan fingerprint density at radius 3 is 2.78 bits per heavy atom. The average molecular weight is 362 g/mol. The van der Waals surface area contributed by atoms with Crippen molar-refractivity contribution < 1.29 is 13.6 Å². The van der Waals surface area contributed by atoms with Crippen molar-refractivity contribution in [3.63, 3.8) is 0 Å². The first-order chi connectivity index (χ1) is 13.2. The number of aromatic nitrogens is 3. The number of amides is 1. The fourth-order valence-corrected chi connectivity index (χ4v) is 2.65. The van der Waals surface area contributed by atoms with E-state index in [9.17, 15) is 9.18 Å². The summed E-state index contributed by atoms with van der Waals surface area (Å²) in [6.07, 6.45) is 1.71. The number of benzene rings is 2. The summed E-state index contributed by atoms with van der Waals surface area (Å²) in [6, 6.07) is 15.4. The zero-order valence-electron chi connectivity index (χ0n) is 14.2. The Labute approximate surface area is 154 Å². The zero-order valence-corrected chi connectivity index (χ0v) is 14.2. The molecular formula is C20H15FN4O2. The standard InChI is InChI=1S/C20H15FN4O2/c21-16-6-3-13(4-7-16)12-23-18(26)11-19-24-25-20(27-19)15-5-8-17-14(10-15)2-1-9-22-17/h1-10H,11-12H2,(H,23,26). The van der Waals surface area contributed by atoms with E-state index in [1.807, 2.05) is 30.3 Å². The first kappa shape index (κ1) is 16.8. The molecule has 0 saturated heterocycles. The smallest absolute Gasteiger partial charge is 0.247 e. The van der Waals surface area contributed by atoms with Gasteiger partial charge in [0.2, 0.25) is 17.7 Å². The van der Waals surface area contributed by atoms with Crippen molar-refractivity contribution in [1.29, 1.82) is 0 Å². The van der Waals surface area contributed by atoms with Crippen molar-refractivity contribution in [2.24, 2.45) is 0 Å². The molecule has 2 aromatic heterocycles. The number of hydrogen-bond acceptors (Lipinski definition) is 5. The molecule has 1 N–H and O–H groups in total. The molecular weight excluding hydrogens is 347 g/mol. The van der Waals surface area contributed by atoms with E-state index in [1.54, 1.807) is 18.3 Å². The topological polar surface area (TPSA) is 80.9 Å². The lowest BCUT2D eigenvalue weighted by molar-refractivity contribution is -0.120. The van der Waals surface area contributed by atoms with Crippen molar-refractivity contribution in [1.82, 2.24) is 20.5 Å². The second kappa shape index (κ2) is 7.33. The summed E-state index contributed by atoms with van der Waals surface area (Å²) in [6.45, 7) is 0.303. The van der Waals surface area contributed by atoms with Crippen LogP contribution in [0.3, 0.4) is 0 Å². The molecule has 0 spiro atoms. The minimum atomic E-state index is -0.312. The monoisotopic (exact) mass is 362 g/mol. The molecule has 0 radical (unpaired) electrons. The normalized spacial score (nSPS) is 10.9. The molecule has 0 aliphatic heterocycles. The molecule has 0 aliphatic rings. The van der Waals surface area contributed by atoms with Crippen LogP contribution in [0.1, 0.15) is 11.5 Å². The van der Waals surface area contributed by atoms with Crippen molar-refractivity contribution in [2.45, 2.75) is 13.0 Å². The van der Waals surface area contributed by atoms with E-state index in [0.29, 0.717) is 12.4 Å². The number of carbonyl (C=O) groups excluding carboxylic acids is 1. The van der Waals surface area contributed by atoms with Gasteiger partial charge in [-0.2, -0.15) is 0 Å². The number of carbonyl (C=O) groups is 1. The first-order valence-corrected chi connectivity index (χ1v) is 8.36. The van der Waals surface area contributed by atoms with Crippen molar-refractivity contribution >= 4 is 16.8 Å². The van der Waals surface area contributed by atoms with Gasteiger partial charge in [-0.25, -0.2) is 4.39 Å². The summed E-state index contributed by atoms with van der Waals surface area (Å²) in [7, 11) is 0. The van der Waals surface area contributed by atoms with Gasteiger partial charge in [-0.1, -0.05) is 18.2 Å². The van der Waals surface area contributed by atoms with Crippen molar-refractivity contribution in [2.75, 3.05) is 0 Å². The molecule has 134 valence electrons. The second-order valence-electron chi connectivity index (χ2n) is 5.99. The maximum Gasteiger partial charge on any atom is 0.247 e. The Balaban J connectivity index is 1.41. The van der Waals surface area contributed by atoms with Gasteiger partial charge in [-0.3, -0.25) is 9.78 Å². The predicted molar refractivity (Wildman–Crippen MR) is 97.0 cm³/mol. The third-order valence-electron chi connectivity index (χ3n) is 4.03. The molecule has 1 amide bonds. The van der Waals surface area contributed by atoms with E-state index in [4.69, 9.17) is 4.42 Å². The molecule has 0 bridgehead atoms. The lowest BCUT2D eigenvalue weighted by atomic mass is 10.1. The molecule has 2 heterocycles. The van der Waals surface area contributed by atoms with Gasteiger partial charge < -0.3 is 9.73 Å². The van der Waals surface area contributed by atoms with Crippen molar-refractivity contribution in [3.05, 3.63) is 78.1 Å². The minimum absolute atomic E-state index is 0.0245. The summed E-state index contributed by atoms with van der Waals surface area (Å²) in [5, 5.41) is 11.7. The number of pyridine rings is 1. The fraction of sp³-hybridized carbons (Fsp3) is 0.100. The molecule has 4 aromatic rings. The Kier molecular flexibility index (Phi) is 4.57. The molecule has 0 saturated carbocycles. The van der Waals surface area contributed by atoms with Crippen LogP contribution in [-0.4, -0.2) is 21.1 Å². The quantitative estimate of drug-likeness (QED) is 0.589. The Morgan fingerprint density at radius 2 is 1.93 bits per heavy atom. The lowest BCUT2D eigenvalue weighted by Crippen LogP contribution is -2.24. The van der Waals surface area contributed by atoms with E-state index in [2.05, 4.69) is 20.5 Å². The van der Waals surface area contributed by atoms with Gasteiger partial charge in [0, 0.05) is 23.7 Å². The molecule has 27 heavy (non-hydrogen) atoms. The van der Waals surface area contributed by atoms with Gasteiger partial charge >= 0.3 is 0 Å².